The summed E-state index contributed by atoms with van der Waals surface area (Å²) in [5.74, 6) is 0. The quantitative estimate of drug-likeness (QED) is 0.449. The molecule has 1 aliphatic carbocycles. The zero-order valence-corrected chi connectivity index (χ0v) is 7.01. The van der Waals surface area contributed by atoms with Crippen molar-refractivity contribution >= 4 is 6.29 Å². The van der Waals surface area contributed by atoms with Crippen LogP contribution in [0.15, 0.2) is 12.7 Å². The molecule has 1 fully saturated rings. The molecule has 0 heterocycles. The molecule has 0 spiro atoms. The molecule has 0 aromatic carbocycles. The van der Waals surface area contributed by atoms with E-state index in [9.17, 15) is 4.79 Å². The van der Waals surface area contributed by atoms with E-state index in [4.69, 9.17) is 0 Å². The lowest BCUT2D eigenvalue weighted by Gasteiger charge is -2.30. The van der Waals surface area contributed by atoms with E-state index >= 15 is 0 Å². The fourth-order valence-electron chi connectivity index (χ4n) is 1.91. The SMILES string of the molecule is C=CCC1(C=O)CCCCC1. The van der Waals surface area contributed by atoms with Crippen LogP contribution < -0.4 is 0 Å². The van der Waals surface area contributed by atoms with E-state index in [0.29, 0.717) is 0 Å². The van der Waals surface area contributed by atoms with Crippen molar-refractivity contribution in [2.24, 2.45) is 5.41 Å². The molecule has 0 saturated heterocycles. The van der Waals surface area contributed by atoms with Crippen LogP contribution in [-0.2, 0) is 4.79 Å². The molecule has 0 amide bonds. The molecule has 1 rings (SSSR count). The monoisotopic (exact) mass is 152 g/mol. The van der Waals surface area contributed by atoms with Gasteiger partial charge in [0.2, 0.25) is 0 Å². The van der Waals surface area contributed by atoms with Crippen LogP contribution in [0.4, 0.5) is 0 Å². The molecule has 0 bridgehead atoms. The van der Waals surface area contributed by atoms with Gasteiger partial charge >= 0.3 is 0 Å². The maximum atomic E-state index is 10.8. The Morgan fingerprint density at radius 1 is 1.27 bits per heavy atom. The largest absolute Gasteiger partial charge is 0.303 e. The third-order valence-electron chi connectivity index (χ3n) is 2.65. The normalized spacial score (nSPS) is 22.5. The Morgan fingerprint density at radius 2 is 1.91 bits per heavy atom. The molecule has 0 unspecified atom stereocenters. The maximum absolute atomic E-state index is 10.8. The van der Waals surface area contributed by atoms with Gasteiger partial charge in [0.05, 0.1) is 0 Å². The molecule has 1 nitrogen and oxygen atoms in total. The molecule has 0 radical (unpaired) electrons. The number of hydrogen-bond donors (Lipinski definition) is 0. The molecule has 62 valence electrons. The van der Waals surface area contributed by atoms with Gasteiger partial charge in [-0.2, -0.15) is 0 Å². The van der Waals surface area contributed by atoms with Crippen LogP contribution in [0, 0.1) is 5.41 Å². The lowest BCUT2D eigenvalue weighted by molar-refractivity contribution is -0.117. The average Bonchev–Trinajstić information content (AvgIpc) is 2.07. The Bertz CT molecular complexity index is 143. The van der Waals surface area contributed by atoms with Crippen molar-refractivity contribution in [3.8, 4) is 0 Å². The van der Waals surface area contributed by atoms with Crippen molar-refractivity contribution in [3.63, 3.8) is 0 Å². The van der Waals surface area contributed by atoms with Crippen LogP contribution in [0.3, 0.4) is 0 Å². The number of rotatable bonds is 3. The molecule has 1 heteroatoms. The first-order valence-electron chi connectivity index (χ1n) is 4.40. The van der Waals surface area contributed by atoms with Gasteiger partial charge in [0.15, 0.2) is 0 Å². The standard InChI is InChI=1S/C10H16O/c1-2-6-10(9-11)7-4-3-5-8-10/h2,9H,1,3-8H2. The Hall–Kier alpha value is -0.590. The van der Waals surface area contributed by atoms with E-state index in [1.807, 2.05) is 6.08 Å². The Balaban J connectivity index is 2.56. The lowest BCUT2D eigenvalue weighted by Crippen LogP contribution is -2.24. The minimum absolute atomic E-state index is 0.0278. The van der Waals surface area contributed by atoms with Crippen molar-refractivity contribution in [3.05, 3.63) is 12.7 Å². The van der Waals surface area contributed by atoms with Crippen LogP contribution >= 0.6 is 0 Å². The van der Waals surface area contributed by atoms with E-state index < -0.39 is 0 Å². The summed E-state index contributed by atoms with van der Waals surface area (Å²) in [6.07, 6.45) is 9.76. The lowest BCUT2D eigenvalue weighted by atomic mass is 9.73. The van der Waals surface area contributed by atoms with Crippen molar-refractivity contribution in [1.82, 2.24) is 0 Å². The van der Waals surface area contributed by atoms with Crippen molar-refractivity contribution in [2.45, 2.75) is 38.5 Å². The van der Waals surface area contributed by atoms with E-state index in [-0.39, 0.29) is 5.41 Å². The fourth-order valence-corrected chi connectivity index (χ4v) is 1.91. The van der Waals surface area contributed by atoms with Crippen LogP contribution in [0.1, 0.15) is 38.5 Å². The van der Waals surface area contributed by atoms with Crippen LogP contribution in [0.5, 0.6) is 0 Å². The number of aldehydes is 1. The maximum Gasteiger partial charge on any atom is 0.126 e. The second kappa shape index (κ2) is 3.70. The molecule has 1 saturated carbocycles. The Labute approximate surface area is 68.5 Å². The van der Waals surface area contributed by atoms with E-state index in [2.05, 4.69) is 6.58 Å². The Kier molecular flexibility index (Phi) is 2.86. The molecule has 0 aliphatic heterocycles. The zero-order chi connectivity index (χ0) is 8.16. The predicted octanol–water partition coefficient (Wildman–Crippen LogP) is 2.71. The summed E-state index contributed by atoms with van der Waals surface area (Å²) in [5.41, 5.74) is -0.0278. The summed E-state index contributed by atoms with van der Waals surface area (Å²) in [7, 11) is 0. The van der Waals surface area contributed by atoms with Gasteiger partial charge in [0.25, 0.3) is 0 Å². The Morgan fingerprint density at radius 3 is 2.36 bits per heavy atom. The van der Waals surface area contributed by atoms with Crippen molar-refractivity contribution in [1.29, 1.82) is 0 Å². The third kappa shape index (κ3) is 1.92. The molecular formula is C10H16O. The summed E-state index contributed by atoms with van der Waals surface area (Å²) in [6, 6.07) is 0. The number of allylic oxidation sites excluding steroid dienone is 1. The molecule has 1 aliphatic rings. The second-order valence-corrected chi connectivity index (χ2v) is 3.53. The van der Waals surface area contributed by atoms with Gasteiger partial charge in [-0.15, -0.1) is 6.58 Å². The van der Waals surface area contributed by atoms with Gasteiger partial charge in [-0.3, -0.25) is 0 Å². The van der Waals surface area contributed by atoms with Gasteiger partial charge in [0, 0.05) is 5.41 Å². The van der Waals surface area contributed by atoms with Crippen molar-refractivity contribution < 1.29 is 4.79 Å². The third-order valence-corrected chi connectivity index (χ3v) is 2.65. The minimum atomic E-state index is -0.0278. The molecular weight excluding hydrogens is 136 g/mol. The van der Waals surface area contributed by atoms with E-state index in [1.54, 1.807) is 0 Å². The van der Waals surface area contributed by atoms with Gasteiger partial charge in [-0.05, 0) is 19.3 Å². The zero-order valence-electron chi connectivity index (χ0n) is 7.01. The number of carbonyl (C=O) groups excluding carboxylic acids is 1. The van der Waals surface area contributed by atoms with Gasteiger partial charge in [-0.1, -0.05) is 25.3 Å². The molecule has 0 atom stereocenters. The van der Waals surface area contributed by atoms with Crippen LogP contribution in [-0.4, -0.2) is 6.29 Å². The van der Waals surface area contributed by atoms with Crippen LogP contribution in [0.25, 0.3) is 0 Å². The fraction of sp³-hybridized carbons (Fsp3) is 0.700. The highest BCUT2D eigenvalue weighted by Gasteiger charge is 2.29. The van der Waals surface area contributed by atoms with Crippen molar-refractivity contribution in [2.75, 3.05) is 0 Å². The minimum Gasteiger partial charge on any atom is -0.303 e. The molecule has 0 aromatic rings. The summed E-state index contributed by atoms with van der Waals surface area (Å²) in [6.45, 7) is 3.69. The predicted molar refractivity (Wildman–Crippen MR) is 46.4 cm³/mol. The topological polar surface area (TPSA) is 17.1 Å². The highest BCUT2D eigenvalue weighted by Crippen LogP contribution is 2.37. The smallest absolute Gasteiger partial charge is 0.126 e. The first-order chi connectivity index (χ1) is 5.33. The van der Waals surface area contributed by atoms with Gasteiger partial charge < -0.3 is 4.79 Å². The number of carbonyl (C=O) groups is 1. The highest BCUT2D eigenvalue weighted by molar-refractivity contribution is 5.59. The van der Waals surface area contributed by atoms with E-state index in [1.165, 1.54) is 19.3 Å². The molecule has 11 heavy (non-hydrogen) atoms. The summed E-state index contributed by atoms with van der Waals surface area (Å²) < 4.78 is 0. The second-order valence-electron chi connectivity index (χ2n) is 3.53. The van der Waals surface area contributed by atoms with Crippen LogP contribution in [0.2, 0.25) is 0 Å². The highest BCUT2D eigenvalue weighted by atomic mass is 16.1. The molecule has 0 aromatic heterocycles. The first-order valence-corrected chi connectivity index (χ1v) is 4.40. The molecule has 0 N–H and O–H groups in total. The summed E-state index contributed by atoms with van der Waals surface area (Å²) >= 11 is 0. The van der Waals surface area contributed by atoms with E-state index in [0.717, 1.165) is 25.5 Å². The summed E-state index contributed by atoms with van der Waals surface area (Å²) in [5, 5.41) is 0. The van der Waals surface area contributed by atoms with Gasteiger partial charge in [-0.25, -0.2) is 0 Å². The average molecular weight is 152 g/mol. The summed E-state index contributed by atoms with van der Waals surface area (Å²) in [4.78, 5) is 10.8. The van der Waals surface area contributed by atoms with Gasteiger partial charge in [0.1, 0.15) is 6.29 Å². The first kappa shape index (κ1) is 8.51. The number of hydrogen-bond acceptors (Lipinski definition) is 1.